The summed E-state index contributed by atoms with van der Waals surface area (Å²) in [5, 5.41) is 4.86. The van der Waals surface area contributed by atoms with Crippen LogP contribution >= 0.6 is 27.3 Å². The fourth-order valence-corrected chi connectivity index (χ4v) is 2.72. The van der Waals surface area contributed by atoms with Crippen molar-refractivity contribution in [3.63, 3.8) is 0 Å². The molecule has 0 aliphatic heterocycles. The van der Waals surface area contributed by atoms with Gasteiger partial charge in [-0.2, -0.15) is 13.2 Å². The lowest BCUT2D eigenvalue weighted by molar-refractivity contribution is -0.141. The highest BCUT2D eigenvalue weighted by Crippen LogP contribution is 2.29. The third kappa shape index (κ3) is 3.46. The molecule has 0 fully saturated rings. The van der Waals surface area contributed by atoms with Gasteiger partial charge in [-0.25, -0.2) is 0 Å². The molecular weight excluding hydrogens is 329 g/mol. The Morgan fingerprint density at radius 3 is 2.72 bits per heavy atom. The van der Waals surface area contributed by atoms with Crippen molar-refractivity contribution in [2.45, 2.75) is 12.7 Å². The number of hydrogen-bond acceptors (Lipinski definition) is 3. The molecule has 0 spiro atoms. The van der Waals surface area contributed by atoms with Crippen molar-refractivity contribution in [3.8, 4) is 0 Å². The van der Waals surface area contributed by atoms with Gasteiger partial charge in [-0.1, -0.05) is 0 Å². The van der Waals surface area contributed by atoms with Gasteiger partial charge in [0.15, 0.2) is 0 Å². The highest BCUT2D eigenvalue weighted by atomic mass is 79.9. The predicted octanol–water partition coefficient (Wildman–Crippen LogP) is 4.54. The molecule has 2 rings (SSSR count). The number of anilines is 1. The summed E-state index contributed by atoms with van der Waals surface area (Å²) in [6.45, 7) is 0.484. The molecule has 0 aliphatic carbocycles. The van der Waals surface area contributed by atoms with Crippen LogP contribution in [-0.4, -0.2) is 4.98 Å². The van der Waals surface area contributed by atoms with E-state index >= 15 is 0 Å². The molecule has 2 aromatic heterocycles. The molecule has 0 bridgehead atoms. The van der Waals surface area contributed by atoms with Gasteiger partial charge in [0.25, 0.3) is 0 Å². The summed E-state index contributed by atoms with van der Waals surface area (Å²) >= 11 is 4.85. The maximum Gasteiger partial charge on any atom is 0.433 e. The van der Waals surface area contributed by atoms with E-state index in [0.29, 0.717) is 12.2 Å². The second kappa shape index (κ2) is 5.27. The van der Waals surface area contributed by atoms with E-state index in [4.69, 9.17) is 0 Å². The summed E-state index contributed by atoms with van der Waals surface area (Å²) in [4.78, 5) is 4.33. The maximum absolute atomic E-state index is 12.4. The van der Waals surface area contributed by atoms with Crippen molar-refractivity contribution in [3.05, 3.63) is 44.8 Å². The Hall–Kier alpha value is -1.08. The van der Waals surface area contributed by atoms with Crippen LogP contribution in [0.1, 0.15) is 10.6 Å². The van der Waals surface area contributed by atoms with Crippen LogP contribution in [0.4, 0.5) is 18.9 Å². The Morgan fingerprint density at radius 1 is 1.33 bits per heavy atom. The van der Waals surface area contributed by atoms with Crippen molar-refractivity contribution in [2.75, 3.05) is 5.32 Å². The Morgan fingerprint density at radius 2 is 2.11 bits per heavy atom. The first-order valence-corrected chi connectivity index (χ1v) is 6.62. The fraction of sp³-hybridized carbons (Fsp3) is 0.182. The van der Waals surface area contributed by atoms with E-state index in [1.165, 1.54) is 17.4 Å². The summed E-state index contributed by atoms with van der Waals surface area (Å²) in [7, 11) is 0. The maximum atomic E-state index is 12.4. The third-order valence-corrected chi connectivity index (χ3v) is 3.84. The first-order chi connectivity index (χ1) is 8.45. The number of rotatable bonds is 3. The molecule has 0 atom stereocenters. The zero-order chi connectivity index (χ0) is 13.2. The van der Waals surface area contributed by atoms with E-state index in [1.54, 1.807) is 0 Å². The number of nitrogens with one attached hydrogen (secondary N) is 1. The number of alkyl halides is 3. The molecule has 96 valence electrons. The Labute approximate surface area is 114 Å². The quantitative estimate of drug-likeness (QED) is 0.890. The molecule has 0 aromatic carbocycles. The summed E-state index contributed by atoms with van der Waals surface area (Å²) in [5.74, 6) is 0. The molecule has 2 aromatic rings. The van der Waals surface area contributed by atoms with Gasteiger partial charge in [0, 0.05) is 33.2 Å². The van der Waals surface area contributed by atoms with Crippen molar-refractivity contribution in [1.29, 1.82) is 0 Å². The summed E-state index contributed by atoms with van der Waals surface area (Å²) in [6.07, 6.45) is -3.26. The van der Waals surface area contributed by atoms with Gasteiger partial charge in [0.1, 0.15) is 5.69 Å². The largest absolute Gasteiger partial charge is 0.433 e. The number of thiophene rings is 1. The number of pyridine rings is 1. The van der Waals surface area contributed by atoms with Crippen molar-refractivity contribution in [1.82, 2.24) is 4.98 Å². The molecule has 0 saturated heterocycles. The van der Waals surface area contributed by atoms with Crippen LogP contribution in [0.3, 0.4) is 0 Å². The van der Waals surface area contributed by atoms with E-state index in [0.717, 1.165) is 21.6 Å². The number of aromatic nitrogens is 1. The molecule has 0 unspecified atom stereocenters. The standard InChI is InChI=1S/C11H8BrF3N2S/c12-7-3-9(18-6-7)5-17-8-1-2-16-10(4-8)11(13,14)15/h1-4,6H,5H2,(H,16,17). The average molecular weight is 337 g/mol. The van der Waals surface area contributed by atoms with E-state index < -0.39 is 11.9 Å². The third-order valence-electron chi connectivity index (χ3n) is 2.14. The van der Waals surface area contributed by atoms with Gasteiger partial charge in [-0.3, -0.25) is 4.98 Å². The lowest BCUT2D eigenvalue weighted by atomic mass is 10.3. The zero-order valence-corrected chi connectivity index (χ0v) is 11.4. The number of halogens is 4. The van der Waals surface area contributed by atoms with E-state index in [9.17, 15) is 13.2 Å². The van der Waals surface area contributed by atoms with Crippen LogP contribution < -0.4 is 5.32 Å². The van der Waals surface area contributed by atoms with Crippen LogP contribution in [0.5, 0.6) is 0 Å². The molecule has 7 heteroatoms. The van der Waals surface area contributed by atoms with Gasteiger partial charge in [-0.15, -0.1) is 11.3 Å². The smallest absolute Gasteiger partial charge is 0.380 e. The van der Waals surface area contributed by atoms with Gasteiger partial charge in [0.05, 0.1) is 0 Å². The molecule has 0 saturated carbocycles. The van der Waals surface area contributed by atoms with Crippen LogP contribution in [0.25, 0.3) is 0 Å². The number of hydrogen-bond donors (Lipinski definition) is 1. The second-order valence-corrected chi connectivity index (χ2v) is 5.42. The highest BCUT2D eigenvalue weighted by molar-refractivity contribution is 9.10. The van der Waals surface area contributed by atoms with Crippen LogP contribution in [0.15, 0.2) is 34.2 Å². The molecule has 2 nitrogen and oxygen atoms in total. The lowest BCUT2D eigenvalue weighted by Crippen LogP contribution is -2.08. The molecular formula is C11H8BrF3N2S. The molecule has 18 heavy (non-hydrogen) atoms. The monoisotopic (exact) mass is 336 g/mol. The first kappa shape index (κ1) is 13.4. The first-order valence-electron chi connectivity index (χ1n) is 4.95. The van der Waals surface area contributed by atoms with Gasteiger partial charge in [0.2, 0.25) is 0 Å². The lowest BCUT2D eigenvalue weighted by Gasteiger charge is -2.08. The van der Waals surface area contributed by atoms with Gasteiger partial charge in [-0.05, 0) is 34.1 Å². The normalized spacial score (nSPS) is 11.6. The average Bonchev–Trinajstić information content (AvgIpc) is 2.72. The highest BCUT2D eigenvalue weighted by Gasteiger charge is 2.32. The SMILES string of the molecule is FC(F)(F)c1cc(NCc2cc(Br)cs2)ccn1. The molecule has 0 radical (unpaired) electrons. The zero-order valence-electron chi connectivity index (χ0n) is 8.96. The minimum Gasteiger partial charge on any atom is -0.380 e. The summed E-state index contributed by atoms with van der Waals surface area (Å²) < 4.78 is 38.3. The Bertz CT molecular complexity index is 539. The van der Waals surface area contributed by atoms with Crippen molar-refractivity contribution < 1.29 is 13.2 Å². The number of nitrogens with zero attached hydrogens (tertiary/aromatic N) is 1. The summed E-state index contributed by atoms with van der Waals surface area (Å²) in [6, 6.07) is 4.43. The van der Waals surface area contributed by atoms with Crippen molar-refractivity contribution in [2.24, 2.45) is 0 Å². The molecule has 1 N–H and O–H groups in total. The van der Waals surface area contributed by atoms with Crippen LogP contribution in [0.2, 0.25) is 0 Å². The summed E-state index contributed by atoms with van der Waals surface area (Å²) in [5.41, 5.74) is -0.485. The second-order valence-electron chi connectivity index (χ2n) is 3.51. The van der Waals surface area contributed by atoms with E-state index in [2.05, 4.69) is 26.2 Å². The minimum absolute atomic E-state index is 0.404. The van der Waals surface area contributed by atoms with Crippen molar-refractivity contribution >= 4 is 33.0 Å². The predicted molar refractivity (Wildman–Crippen MR) is 68.6 cm³/mol. The Kier molecular flexibility index (Phi) is 3.91. The van der Waals surface area contributed by atoms with E-state index in [-0.39, 0.29) is 0 Å². The fourth-order valence-electron chi connectivity index (χ4n) is 1.33. The van der Waals surface area contributed by atoms with Gasteiger partial charge < -0.3 is 5.32 Å². The van der Waals surface area contributed by atoms with Crippen LogP contribution in [-0.2, 0) is 12.7 Å². The molecule has 2 heterocycles. The minimum atomic E-state index is -4.41. The van der Waals surface area contributed by atoms with Gasteiger partial charge >= 0.3 is 6.18 Å². The van der Waals surface area contributed by atoms with E-state index in [1.807, 2.05) is 11.4 Å². The van der Waals surface area contributed by atoms with Crippen LogP contribution in [0, 0.1) is 0 Å². The molecule has 0 amide bonds. The molecule has 0 aliphatic rings. The Balaban J connectivity index is 2.06. The topological polar surface area (TPSA) is 24.9 Å².